The van der Waals surface area contributed by atoms with E-state index >= 15 is 0 Å². The highest BCUT2D eigenvalue weighted by atomic mass is 19.1. The number of halogens is 1. The second-order valence-electron chi connectivity index (χ2n) is 7.25. The Hall–Kier alpha value is -1.85. The molecule has 1 atom stereocenters. The van der Waals surface area contributed by atoms with Crippen LogP contribution in [0.15, 0.2) is 40.8 Å². The number of hydrogen-bond acceptors (Lipinski definition) is 4. The maximum absolute atomic E-state index is 13.1. The Kier molecular flexibility index (Phi) is 5.56. The van der Waals surface area contributed by atoms with Crippen LogP contribution in [-0.4, -0.2) is 37.7 Å². The lowest BCUT2D eigenvalue weighted by Gasteiger charge is -2.23. The smallest absolute Gasteiger partial charge is 0.133 e. The predicted octanol–water partition coefficient (Wildman–Crippen LogP) is 4.37. The molecule has 3 heterocycles. The largest absolute Gasteiger partial charge is 0.462 e. The van der Waals surface area contributed by atoms with Gasteiger partial charge in [0.15, 0.2) is 0 Å². The summed E-state index contributed by atoms with van der Waals surface area (Å²) in [6, 6.07) is 11.0. The first-order valence-electron chi connectivity index (χ1n) is 9.71. The van der Waals surface area contributed by atoms with Crippen LogP contribution in [0.1, 0.15) is 43.3 Å². The van der Waals surface area contributed by atoms with E-state index < -0.39 is 0 Å². The van der Waals surface area contributed by atoms with Crippen LogP contribution in [0.25, 0.3) is 0 Å². The molecule has 0 radical (unpaired) electrons. The molecule has 26 heavy (non-hydrogen) atoms. The zero-order valence-electron chi connectivity index (χ0n) is 15.2. The van der Waals surface area contributed by atoms with Crippen molar-refractivity contribution in [2.75, 3.05) is 37.7 Å². The van der Waals surface area contributed by atoms with E-state index in [-0.39, 0.29) is 11.9 Å². The molecule has 1 aromatic carbocycles. The van der Waals surface area contributed by atoms with Gasteiger partial charge in [-0.3, -0.25) is 4.90 Å². The molecule has 0 N–H and O–H groups in total. The lowest BCUT2D eigenvalue weighted by molar-refractivity contribution is 0.000872. The second kappa shape index (κ2) is 8.23. The van der Waals surface area contributed by atoms with Gasteiger partial charge in [0.05, 0.1) is 6.54 Å². The highest BCUT2D eigenvalue weighted by Crippen LogP contribution is 2.29. The van der Waals surface area contributed by atoms with Crippen molar-refractivity contribution in [1.29, 1.82) is 0 Å². The van der Waals surface area contributed by atoms with Gasteiger partial charge in [-0.25, -0.2) is 4.39 Å². The molecule has 1 unspecified atom stereocenters. The average molecular weight is 358 g/mol. The van der Waals surface area contributed by atoms with Crippen LogP contribution < -0.4 is 4.90 Å². The molecule has 2 aliphatic heterocycles. The highest BCUT2D eigenvalue weighted by Gasteiger charge is 2.21. The quantitative estimate of drug-likeness (QED) is 0.811. The van der Waals surface area contributed by atoms with Crippen molar-refractivity contribution < 1.29 is 13.5 Å². The van der Waals surface area contributed by atoms with Crippen LogP contribution in [0.3, 0.4) is 0 Å². The van der Waals surface area contributed by atoms with Crippen molar-refractivity contribution in [3.8, 4) is 0 Å². The minimum atomic E-state index is -0.180. The van der Waals surface area contributed by atoms with E-state index in [1.54, 1.807) is 0 Å². The molecule has 0 aliphatic carbocycles. The average Bonchev–Trinajstić information content (AvgIpc) is 3.02. The van der Waals surface area contributed by atoms with Crippen LogP contribution >= 0.6 is 0 Å². The number of anilines is 1. The fourth-order valence-corrected chi connectivity index (χ4v) is 3.88. The maximum Gasteiger partial charge on any atom is 0.133 e. The van der Waals surface area contributed by atoms with E-state index in [0.29, 0.717) is 0 Å². The first kappa shape index (κ1) is 17.6. The first-order valence-corrected chi connectivity index (χ1v) is 9.71. The summed E-state index contributed by atoms with van der Waals surface area (Å²) in [6.45, 7) is 5.66. The summed E-state index contributed by atoms with van der Waals surface area (Å²) in [6.07, 6.45) is 4.66. The monoisotopic (exact) mass is 358 g/mol. The van der Waals surface area contributed by atoms with Gasteiger partial charge in [0, 0.05) is 38.5 Å². The van der Waals surface area contributed by atoms with Crippen molar-refractivity contribution in [3.05, 3.63) is 53.7 Å². The maximum atomic E-state index is 13.1. The van der Waals surface area contributed by atoms with Gasteiger partial charge >= 0.3 is 0 Å². The number of rotatable bonds is 4. The van der Waals surface area contributed by atoms with E-state index in [4.69, 9.17) is 9.15 Å². The number of nitrogens with zero attached hydrogens (tertiary/aromatic N) is 2. The summed E-state index contributed by atoms with van der Waals surface area (Å²) in [7, 11) is 0. The van der Waals surface area contributed by atoms with E-state index in [2.05, 4.69) is 21.9 Å². The summed E-state index contributed by atoms with van der Waals surface area (Å²) < 4.78 is 25.0. The molecule has 1 aromatic heterocycles. The van der Waals surface area contributed by atoms with Gasteiger partial charge in [0.25, 0.3) is 0 Å². The zero-order valence-corrected chi connectivity index (χ0v) is 15.2. The summed E-state index contributed by atoms with van der Waals surface area (Å²) in [4.78, 5) is 4.77. The van der Waals surface area contributed by atoms with Crippen LogP contribution in [0, 0.1) is 5.82 Å². The van der Waals surface area contributed by atoms with Crippen molar-refractivity contribution in [2.45, 2.75) is 38.3 Å². The zero-order chi connectivity index (χ0) is 17.8. The van der Waals surface area contributed by atoms with Gasteiger partial charge in [-0.05, 0) is 62.1 Å². The minimum absolute atomic E-state index is 0.135. The van der Waals surface area contributed by atoms with Gasteiger partial charge in [0.1, 0.15) is 23.4 Å². The minimum Gasteiger partial charge on any atom is -0.462 e. The van der Waals surface area contributed by atoms with Crippen molar-refractivity contribution >= 4 is 5.69 Å². The standard InChI is InChI=1S/C21H27FN2O2/c22-17-5-7-18(8-6-17)24-12-3-11-23(13-14-24)16-19-9-10-21(26-19)20-4-1-2-15-25-20/h5-10,20H,1-4,11-16H2. The SMILES string of the molecule is Fc1ccc(N2CCCN(Cc3ccc(C4CCCCO4)o3)CC2)cc1. The van der Waals surface area contributed by atoms with E-state index in [9.17, 15) is 4.39 Å². The molecule has 2 saturated heterocycles. The van der Waals surface area contributed by atoms with E-state index in [1.807, 2.05) is 12.1 Å². The Labute approximate surface area is 154 Å². The number of furan rings is 1. The third-order valence-corrected chi connectivity index (χ3v) is 5.34. The molecule has 140 valence electrons. The van der Waals surface area contributed by atoms with Crippen LogP contribution in [-0.2, 0) is 11.3 Å². The van der Waals surface area contributed by atoms with Crippen molar-refractivity contribution in [3.63, 3.8) is 0 Å². The predicted molar refractivity (Wildman–Crippen MR) is 99.8 cm³/mol. The molecule has 2 aromatic rings. The van der Waals surface area contributed by atoms with Gasteiger partial charge < -0.3 is 14.1 Å². The molecule has 2 aliphatic rings. The van der Waals surface area contributed by atoms with Crippen LogP contribution in [0.5, 0.6) is 0 Å². The Morgan fingerprint density at radius 2 is 1.81 bits per heavy atom. The normalized spacial score (nSPS) is 22.3. The number of ether oxygens (including phenoxy) is 1. The van der Waals surface area contributed by atoms with E-state index in [1.165, 1.54) is 18.6 Å². The second-order valence-corrected chi connectivity index (χ2v) is 7.25. The Morgan fingerprint density at radius 1 is 0.923 bits per heavy atom. The first-order chi connectivity index (χ1) is 12.8. The highest BCUT2D eigenvalue weighted by molar-refractivity contribution is 5.46. The molecule has 2 fully saturated rings. The van der Waals surface area contributed by atoms with E-state index in [0.717, 1.165) is 75.8 Å². The molecule has 0 saturated carbocycles. The van der Waals surface area contributed by atoms with Crippen LogP contribution in [0.2, 0.25) is 0 Å². The molecule has 4 rings (SSSR count). The Morgan fingerprint density at radius 3 is 2.62 bits per heavy atom. The third kappa shape index (κ3) is 4.27. The number of hydrogen-bond donors (Lipinski definition) is 0. The van der Waals surface area contributed by atoms with Gasteiger partial charge in [-0.2, -0.15) is 0 Å². The Balaban J connectivity index is 1.33. The van der Waals surface area contributed by atoms with Gasteiger partial charge in [-0.15, -0.1) is 0 Å². The van der Waals surface area contributed by atoms with Gasteiger partial charge in [-0.1, -0.05) is 0 Å². The third-order valence-electron chi connectivity index (χ3n) is 5.34. The Bertz CT molecular complexity index is 694. The molecule has 5 heteroatoms. The summed E-state index contributed by atoms with van der Waals surface area (Å²) in [5, 5.41) is 0. The lowest BCUT2D eigenvalue weighted by atomic mass is 10.1. The number of benzene rings is 1. The van der Waals surface area contributed by atoms with Gasteiger partial charge in [0.2, 0.25) is 0 Å². The van der Waals surface area contributed by atoms with Crippen molar-refractivity contribution in [1.82, 2.24) is 4.90 Å². The van der Waals surface area contributed by atoms with Crippen LogP contribution in [0.4, 0.5) is 10.1 Å². The molecule has 0 spiro atoms. The molecule has 0 amide bonds. The summed E-state index contributed by atoms with van der Waals surface area (Å²) in [5.41, 5.74) is 1.10. The topological polar surface area (TPSA) is 28.9 Å². The molecule has 0 bridgehead atoms. The fourth-order valence-electron chi connectivity index (χ4n) is 3.88. The lowest BCUT2D eigenvalue weighted by Crippen LogP contribution is -2.30. The molecule has 4 nitrogen and oxygen atoms in total. The van der Waals surface area contributed by atoms with Crippen molar-refractivity contribution in [2.24, 2.45) is 0 Å². The fraction of sp³-hybridized carbons (Fsp3) is 0.524. The summed E-state index contributed by atoms with van der Waals surface area (Å²) in [5.74, 6) is 1.81. The molecular formula is C21H27FN2O2. The summed E-state index contributed by atoms with van der Waals surface area (Å²) >= 11 is 0. The molecular weight excluding hydrogens is 331 g/mol.